The van der Waals surface area contributed by atoms with Crippen LogP contribution in [0.3, 0.4) is 0 Å². The molecule has 0 saturated carbocycles. The minimum atomic E-state index is -1.09. The topological polar surface area (TPSA) is 26.0 Å². The Morgan fingerprint density at radius 2 is 1.64 bits per heavy atom. The van der Waals surface area contributed by atoms with E-state index in [1.165, 1.54) is 6.04 Å². The van der Waals surface area contributed by atoms with Gasteiger partial charge in [0.1, 0.15) is 0 Å². The fourth-order valence-electron chi connectivity index (χ4n) is 1.11. The summed E-state index contributed by atoms with van der Waals surface area (Å²) in [5.74, 6) is 0. The third-order valence-electron chi connectivity index (χ3n) is 2.86. The van der Waals surface area contributed by atoms with Crippen molar-refractivity contribution in [3.63, 3.8) is 0 Å². The van der Waals surface area contributed by atoms with Crippen LogP contribution in [0.1, 0.15) is 27.7 Å². The van der Waals surface area contributed by atoms with E-state index in [1.54, 1.807) is 0 Å². The van der Waals surface area contributed by atoms with Crippen LogP contribution in [-0.2, 0) is 0 Å². The molecule has 0 aromatic carbocycles. The smallest absolute Gasteiger partial charge is 0.0542 e. The Morgan fingerprint density at radius 3 is 1.73 bits per heavy atom. The lowest BCUT2D eigenvalue weighted by atomic mass is 10.2. The molecule has 0 radical (unpaired) electrons. The van der Waals surface area contributed by atoms with Crippen LogP contribution in [0, 0.1) is 0 Å². The molecule has 0 aromatic heterocycles. The van der Waals surface area contributed by atoms with E-state index in [4.69, 9.17) is 5.73 Å². The zero-order valence-corrected chi connectivity index (χ0v) is 9.86. The Hall–Kier alpha value is 0.177. The zero-order valence-electron chi connectivity index (χ0n) is 8.86. The summed E-state index contributed by atoms with van der Waals surface area (Å²) in [5.41, 5.74) is 5.81. The second-order valence-electron chi connectivity index (χ2n) is 5.32. The summed E-state index contributed by atoms with van der Waals surface area (Å²) < 4.78 is 0. The van der Waals surface area contributed by atoms with E-state index in [0.717, 1.165) is 0 Å². The number of hydrogen-bond donors (Lipinski definition) is 1. The molecule has 68 valence electrons. The van der Waals surface area contributed by atoms with E-state index < -0.39 is 8.07 Å². The number of nitrogens with two attached hydrogens (primary N) is 1. The molecular weight excluding hydrogens is 150 g/mol. The predicted octanol–water partition coefficient (Wildman–Crippen LogP) is 2.84. The second-order valence-corrected chi connectivity index (χ2v) is 11.0. The highest BCUT2D eigenvalue weighted by Crippen LogP contribution is 2.38. The Labute approximate surface area is 72.4 Å². The highest BCUT2D eigenvalue weighted by atomic mass is 28.3. The van der Waals surface area contributed by atoms with Crippen molar-refractivity contribution in [1.82, 2.24) is 0 Å². The fourth-order valence-corrected chi connectivity index (χ4v) is 3.33. The summed E-state index contributed by atoms with van der Waals surface area (Å²) >= 11 is 0. The van der Waals surface area contributed by atoms with Crippen molar-refractivity contribution in [2.45, 2.75) is 57.9 Å². The Bertz CT molecular complexity index is 122. The Morgan fingerprint density at radius 1 is 1.27 bits per heavy atom. The first-order valence-electron chi connectivity index (χ1n) is 4.42. The molecule has 0 aliphatic carbocycles. The van der Waals surface area contributed by atoms with Crippen LogP contribution < -0.4 is 5.73 Å². The van der Waals surface area contributed by atoms with Crippen LogP contribution in [0.4, 0.5) is 0 Å². The van der Waals surface area contributed by atoms with Crippen molar-refractivity contribution in [2.75, 3.05) is 0 Å². The third kappa shape index (κ3) is 3.39. The average molecular weight is 173 g/mol. The molecule has 1 atom stereocenters. The molecule has 0 aromatic rings. The first-order chi connectivity index (χ1) is 4.67. The molecule has 0 aliphatic heterocycles. The summed E-state index contributed by atoms with van der Waals surface area (Å²) in [4.78, 5) is 0. The molecule has 0 spiro atoms. The summed E-state index contributed by atoms with van der Waals surface area (Å²) in [6.45, 7) is 14.0. The summed E-state index contributed by atoms with van der Waals surface area (Å²) in [6, 6.07) is 1.60. The van der Waals surface area contributed by atoms with Gasteiger partial charge in [0.15, 0.2) is 0 Å². The lowest BCUT2D eigenvalue weighted by Gasteiger charge is -2.38. The van der Waals surface area contributed by atoms with Crippen molar-refractivity contribution in [3.8, 4) is 0 Å². The van der Waals surface area contributed by atoms with E-state index >= 15 is 0 Å². The standard InChI is InChI=1S/C9H23NSi/c1-8(10)7-11(5,6)9(2,3)4/h8H,7,10H2,1-6H3. The van der Waals surface area contributed by atoms with E-state index in [-0.39, 0.29) is 0 Å². The van der Waals surface area contributed by atoms with Gasteiger partial charge in [0.2, 0.25) is 0 Å². The van der Waals surface area contributed by atoms with E-state index in [9.17, 15) is 0 Å². The number of rotatable bonds is 2. The Kier molecular flexibility index (Phi) is 3.33. The number of hydrogen-bond acceptors (Lipinski definition) is 1. The van der Waals surface area contributed by atoms with Crippen molar-refractivity contribution in [3.05, 3.63) is 0 Å². The monoisotopic (exact) mass is 173 g/mol. The van der Waals surface area contributed by atoms with Gasteiger partial charge in [-0.1, -0.05) is 40.8 Å². The van der Waals surface area contributed by atoms with Gasteiger partial charge in [-0.2, -0.15) is 0 Å². The van der Waals surface area contributed by atoms with Gasteiger partial charge < -0.3 is 5.73 Å². The average Bonchev–Trinajstić information content (AvgIpc) is 1.56. The molecule has 0 aliphatic rings. The van der Waals surface area contributed by atoms with Gasteiger partial charge in [-0.3, -0.25) is 0 Å². The first-order valence-corrected chi connectivity index (χ1v) is 7.63. The Balaban J connectivity index is 4.22. The molecule has 11 heavy (non-hydrogen) atoms. The largest absolute Gasteiger partial charge is 0.328 e. The van der Waals surface area contributed by atoms with E-state index in [0.29, 0.717) is 11.1 Å². The van der Waals surface area contributed by atoms with E-state index in [1.807, 2.05) is 0 Å². The molecule has 2 N–H and O–H groups in total. The molecule has 0 saturated heterocycles. The molecule has 1 unspecified atom stereocenters. The maximum Gasteiger partial charge on any atom is 0.0542 e. The molecule has 0 amide bonds. The van der Waals surface area contributed by atoms with Gasteiger partial charge in [0, 0.05) is 0 Å². The van der Waals surface area contributed by atoms with Crippen molar-refractivity contribution in [2.24, 2.45) is 5.73 Å². The molecule has 2 heteroatoms. The van der Waals surface area contributed by atoms with Crippen LogP contribution in [-0.4, -0.2) is 14.1 Å². The minimum absolute atomic E-state index is 0.371. The van der Waals surface area contributed by atoms with Gasteiger partial charge in [-0.15, -0.1) is 0 Å². The molecule has 1 nitrogen and oxygen atoms in total. The highest BCUT2D eigenvalue weighted by Gasteiger charge is 2.35. The van der Waals surface area contributed by atoms with Crippen LogP contribution in [0.2, 0.25) is 24.2 Å². The van der Waals surface area contributed by atoms with Crippen LogP contribution >= 0.6 is 0 Å². The van der Waals surface area contributed by atoms with Crippen LogP contribution in [0.15, 0.2) is 0 Å². The van der Waals surface area contributed by atoms with Gasteiger partial charge in [-0.25, -0.2) is 0 Å². The molecular formula is C9H23NSi. The van der Waals surface area contributed by atoms with Gasteiger partial charge in [0.25, 0.3) is 0 Å². The molecule has 0 fully saturated rings. The lowest BCUT2D eigenvalue weighted by molar-refractivity contribution is 0.691. The first kappa shape index (κ1) is 11.2. The fraction of sp³-hybridized carbons (Fsp3) is 1.00. The maximum atomic E-state index is 5.81. The normalized spacial score (nSPS) is 16.6. The van der Waals surface area contributed by atoms with Gasteiger partial charge >= 0.3 is 0 Å². The predicted molar refractivity (Wildman–Crippen MR) is 55.7 cm³/mol. The van der Waals surface area contributed by atoms with Gasteiger partial charge in [0.05, 0.1) is 8.07 Å². The minimum Gasteiger partial charge on any atom is -0.328 e. The third-order valence-corrected chi connectivity index (χ3v) is 8.59. The lowest BCUT2D eigenvalue weighted by Crippen LogP contribution is -2.41. The zero-order chi connectivity index (χ0) is 9.28. The van der Waals surface area contributed by atoms with E-state index in [2.05, 4.69) is 40.8 Å². The van der Waals surface area contributed by atoms with Crippen molar-refractivity contribution >= 4 is 8.07 Å². The summed E-state index contributed by atoms with van der Waals surface area (Å²) in [5, 5.41) is 0.487. The maximum absolute atomic E-state index is 5.81. The van der Waals surface area contributed by atoms with Gasteiger partial charge in [-0.05, 0) is 17.1 Å². The quantitative estimate of drug-likeness (QED) is 0.639. The summed E-state index contributed by atoms with van der Waals surface area (Å²) in [7, 11) is -1.09. The second kappa shape index (κ2) is 3.28. The highest BCUT2D eigenvalue weighted by molar-refractivity contribution is 6.80. The molecule has 0 heterocycles. The SMILES string of the molecule is CC(N)C[Si](C)(C)C(C)(C)C. The summed E-state index contributed by atoms with van der Waals surface area (Å²) in [6.07, 6.45) is 0. The van der Waals surface area contributed by atoms with Crippen LogP contribution in [0.5, 0.6) is 0 Å². The van der Waals surface area contributed by atoms with Crippen molar-refractivity contribution < 1.29 is 0 Å². The molecule has 0 bridgehead atoms. The van der Waals surface area contributed by atoms with Crippen molar-refractivity contribution in [1.29, 1.82) is 0 Å². The molecule has 0 rings (SSSR count). The van der Waals surface area contributed by atoms with Crippen LogP contribution in [0.25, 0.3) is 0 Å².